The first kappa shape index (κ1) is 15.9. The number of alkyl halides is 6. The molecular weight excluding hydrogens is 298 g/mol. The standard InChI is InChI=1S/C14H12F6O/c15-13(16,17)10-4-9(5-11(7-10)14(18,19)20)8-2-1-3-12(21)6-8/h4-5,7-8H,1-3,6H2. The van der Waals surface area contributed by atoms with E-state index in [0.29, 0.717) is 19.3 Å². The van der Waals surface area contributed by atoms with Crippen LogP contribution in [0, 0.1) is 0 Å². The Kier molecular flexibility index (Phi) is 4.04. The smallest absolute Gasteiger partial charge is 0.300 e. The maximum Gasteiger partial charge on any atom is 0.416 e. The lowest BCUT2D eigenvalue weighted by Crippen LogP contribution is -2.17. The number of carbonyl (C=O) groups excluding carboxylic acids is 1. The van der Waals surface area contributed by atoms with Crippen molar-refractivity contribution in [2.24, 2.45) is 0 Å². The first-order chi connectivity index (χ1) is 9.57. The van der Waals surface area contributed by atoms with Crippen LogP contribution in [0.3, 0.4) is 0 Å². The molecule has 1 aliphatic carbocycles. The highest BCUT2D eigenvalue weighted by Crippen LogP contribution is 2.40. The van der Waals surface area contributed by atoms with E-state index in [1.807, 2.05) is 0 Å². The van der Waals surface area contributed by atoms with Crippen molar-refractivity contribution in [3.63, 3.8) is 0 Å². The van der Waals surface area contributed by atoms with Gasteiger partial charge >= 0.3 is 12.4 Å². The topological polar surface area (TPSA) is 17.1 Å². The molecule has 0 heterocycles. The summed E-state index contributed by atoms with van der Waals surface area (Å²) in [5, 5.41) is 0. The van der Waals surface area contributed by atoms with Crippen molar-refractivity contribution in [1.29, 1.82) is 0 Å². The van der Waals surface area contributed by atoms with Gasteiger partial charge in [0, 0.05) is 12.8 Å². The van der Waals surface area contributed by atoms with E-state index in [1.54, 1.807) is 0 Å². The van der Waals surface area contributed by atoms with Crippen molar-refractivity contribution < 1.29 is 31.1 Å². The largest absolute Gasteiger partial charge is 0.416 e. The minimum atomic E-state index is -4.85. The molecule has 116 valence electrons. The SMILES string of the molecule is O=C1CCCC(c2cc(C(F)(F)F)cc(C(F)(F)F)c2)C1. The molecule has 0 radical (unpaired) electrons. The molecule has 0 amide bonds. The van der Waals surface area contributed by atoms with Crippen LogP contribution in [0.2, 0.25) is 0 Å². The van der Waals surface area contributed by atoms with Crippen molar-refractivity contribution in [2.75, 3.05) is 0 Å². The van der Waals surface area contributed by atoms with Crippen LogP contribution in [-0.2, 0) is 17.1 Å². The van der Waals surface area contributed by atoms with Gasteiger partial charge in [0.2, 0.25) is 0 Å². The van der Waals surface area contributed by atoms with Crippen molar-refractivity contribution >= 4 is 5.78 Å². The average molecular weight is 310 g/mol. The van der Waals surface area contributed by atoms with Gasteiger partial charge in [0.15, 0.2) is 0 Å². The zero-order valence-electron chi connectivity index (χ0n) is 10.8. The molecule has 1 unspecified atom stereocenters. The third-order valence-corrected chi connectivity index (χ3v) is 3.56. The summed E-state index contributed by atoms with van der Waals surface area (Å²) in [6.07, 6.45) is -8.46. The van der Waals surface area contributed by atoms with Gasteiger partial charge in [-0.3, -0.25) is 4.79 Å². The van der Waals surface area contributed by atoms with Gasteiger partial charge in [-0.15, -0.1) is 0 Å². The van der Waals surface area contributed by atoms with Crippen LogP contribution in [0.5, 0.6) is 0 Å². The number of rotatable bonds is 1. The quantitative estimate of drug-likeness (QED) is 0.671. The van der Waals surface area contributed by atoms with Crippen LogP contribution < -0.4 is 0 Å². The second-order valence-corrected chi connectivity index (χ2v) is 5.17. The van der Waals surface area contributed by atoms with Crippen molar-refractivity contribution in [1.82, 2.24) is 0 Å². The van der Waals surface area contributed by atoms with Crippen LogP contribution in [0.1, 0.15) is 48.3 Å². The predicted molar refractivity (Wildman–Crippen MR) is 62.7 cm³/mol. The van der Waals surface area contributed by atoms with Crippen LogP contribution in [0.4, 0.5) is 26.3 Å². The van der Waals surface area contributed by atoms with Crippen LogP contribution >= 0.6 is 0 Å². The molecule has 0 saturated heterocycles. The maximum atomic E-state index is 12.7. The van der Waals surface area contributed by atoms with E-state index in [9.17, 15) is 31.1 Å². The summed E-state index contributed by atoms with van der Waals surface area (Å²) in [5.74, 6) is -0.702. The van der Waals surface area contributed by atoms with Gasteiger partial charge in [0.1, 0.15) is 5.78 Å². The Hall–Kier alpha value is -1.53. The molecule has 1 aliphatic rings. The molecule has 0 aromatic heterocycles. The van der Waals surface area contributed by atoms with E-state index in [-0.39, 0.29) is 23.8 Å². The van der Waals surface area contributed by atoms with Crippen molar-refractivity contribution in [3.05, 3.63) is 34.9 Å². The Morgan fingerprint density at radius 3 is 1.86 bits per heavy atom. The van der Waals surface area contributed by atoms with Gasteiger partial charge in [0.25, 0.3) is 0 Å². The summed E-state index contributed by atoms with van der Waals surface area (Å²) in [6.45, 7) is 0. The lowest BCUT2D eigenvalue weighted by atomic mass is 9.82. The Balaban J connectivity index is 2.47. The number of benzene rings is 1. The fourth-order valence-electron chi connectivity index (χ4n) is 2.52. The maximum absolute atomic E-state index is 12.7. The summed E-state index contributed by atoms with van der Waals surface area (Å²) in [4.78, 5) is 11.4. The molecule has 1 saturated carbocycles. The molecule has 1 fully saturated rings. The summed E-state index contributed by atoms with van der Waals surface area (Å²) < 4.78 is 76.5. The normalized spacial score (nSPS) is 20.7. The summed E-state index contributed by atoms with van der Waals surface area (Å²) in [6, 6.07) is 1.55. The lowest BCUT2D eigenvalue weighted by molar-refractivity contribution is -0.143. The molecule has 0 aliphatic heterocycles. The van der Waals surface area contributed by atoms with Gasteiger partial charge in [-0.05, 0) is 42.5 Å². The molecule has 1 atom stereocenters. The number of halogens is 6. The highest BCUT2D eigenvalue weighted by atomic mass is 19.4. The van der Waals surface area contributed by atoms with Gasteiger partial charge < -0.3 is 0 Å². The Labute approximate surface area is 116 Å². The molecular formula is C14H12F6O. The summed E-state index contributed by atoms with van der Waals surface area (Å²) in [7, 11) is 0. The molecule has 21 heavy (non-hydrogen) atoms. The lowest BCUT2D eigenvalue weighted by Gasteiger charge is -2.23. The van der Waals surface area contributed by atoms with Crippen molar-refractivity contribution in [2.45, 2.75) is 44.0 Å². The minimum absolute atomic E-state index is 0.00138. The molecule has 1 aromatic rings. The van der Waals surface area contributed by atoms with E-state index in [0.717, 1.165) is 12.1 Å². The zero-order valence-corrected chi connectivity index (χ0v) is 10.8. The molecule has 1 nitrogen and oxygen atoms in total. The van der Waals surface area contributed by atoms with Crippen LogP contribution in [-0.4, -0.2) is 5.78 Å². The second-order valence-electron chi connectivity index (χ2n) is 5.17. The highest BCUT2D eigenvalue weighted by molar-refractivity contribution is 5.80. The molecule has 1 aromatic carbocycles. The number of Topliss-reactive ketones (excluding diaryl/α,β-unsaturated/α-hetero) is 1. The third-order valence-electron chi connectivity index (χ3n) is 3.56. The Bertz CT molecular complexity index is 511. The number of carbonyl (C=O) groups is 1. The number of ketones is 1. The van der Waals surface area contributed by atoms with Gasteiger partial charge in [-0.2, -0.15) is 26.3 Å². The zero-order chi connectivity index (χ0) is 15.8. The first-order valence-corrected chi connectivity index (χ1v) is 6.38. The van der Waals surface area contributed by atoms with Gasteiger partial charge in [-0.1, -0.05) is 0 Å². The minimum Gasteiger partial charge on any atom is -0.300 e. The Morgan fingerprint density at radius 1 is 0.905 bits per heavy atom. The summed E-state index contributed by atoms with van der Waals surface area (Å²) in [5.41, 5.74) is -2.72. The molecule has 0 spiro atoms. The Morgan fingerprint density at radius 2 is 1.43 bits per heavy atom. The third kappa shape index (κ3) is 3.77. The molecule has 2 rings (SSSR count). The second kappa shape index (κ2) is 5.35. The number of hydrogen-bond donors (Lipinski definition) is 0. The predicted octanol–water partition coefficient (Wildman–Crippen LogP) is 4.95. The van der Waals surface area contributed by atoms with Crippen LogP contribution in [0.15, 0.2) is 18.2 Å². The van der Waals surface area contributed by atoms with E-state index in [4.69, 9.17) is 0 Å². The molecule has 0 bridgehead atoms. The van der Waals surface area contributed by atoms with E-state index >= 15 is 0 Å². The molecule has 0 N–H and O–H groups in total. The first-order valence-electron chi connectivity index (χ1n) is 6.38. The summed E-state index contributed by atoms with van der Waals surface area (Å²) >= 11 is 0. The monoisotopic (exact) mass is 310 g/mol. The van der Waals surface area contributed by atoms with Gasteiger partial charge in [0.05, 0.1) is 11.1 Å². The van der Waals surface area contributed by atoms with Crippen molar-refractivity contribution in [3.8, 4) is 0 Å². The highest BCUT2D eigenvalue weighted by Gasteiger charge is 2.37. The van der Waals surface area contributed by atoms with Gasteiger partial charge in [-0.25, -0.2) is 0 Å². The van der Waals surface area contributed by atoms with Crippen LogP contribution in [0.25, 0.3) is 0 Å². The van der Waals surface area contributed by atoms with E-state index < -0.39 is 29.4 Å². The average Bonchev–Trinajstić information content (AvgIpc) is 2.36. The fraction of sp³-hybridized carbons (Fsp3) is 0.500. The van der Waals surface area contributed by atoms with E-state index in [2.05, 4.69) is 0 Å². The fourth-order valence-corrected chi connectivity index (χ4v) is 2.52. The van der Waals surface area contributed by atoms with E-state index in [1.165, 1.54) is 0 Å². The molecule has 7 heteroatoms. The number of hydrogen-bond acceptors (Lipinski definition) is 1.